The van der Waals surface area contributed by atoms with Crippen molar-refractivity contribution in [1.29, 1.82) is 0 Å². The average Bonchev–Trinajstić information content (AvgIpc) is 3.34. The fourth-order valence-corrected chi connectivity index (χ4v) is 4.46. The molecule has 3 aromatic heterocycles. The lowest BCUT2D eigenvalue weighted by atomic mass is 10.2. The predicted molar refractivity (Wildman–Crippen MR) is 113 cm³/mol. The van der Waals surface area contributed by atoms with E-state index < -0.39 is 17.5 Å². The van der Waals surface area contributed by atoms with Gasteiger partial charge in [0.05, 0.1) is 9.88 Å². The van der Waals surface area contributed by atoms with Crippen molar-refractivity contribution in [2.75, 3.05) is 5.32 Å². The number of hydrogen-bond acceptors (Lipinski definition) is 7. The van der Waals surface area contributed by atoms with Crippen molar-refractivity contribution in [3.8, 4) is 10.6 Å². The lowest BCUT2D eigenvalue weighted by molar-refractivity contribution is -0.116. The van der Waals surface area contributed by atoms with Gasteiger partial charge in [-0.15, -0.1) is 22.7 Å². The number of nitrogens with two attached hydrogens (primary N) is 1. The van der Waals surface area contributed by atoms with Crippen LogP contribution < -0.4 is 16.7 Å². The molecule has 0 aliphatic heterocycles. The molecular weight excluding hydrogens is 410 g/mol. The minimum atomic E-state index is -0.547. The van der Waals surface area contributed by atoms with E-state index in [2.05, 4.69) is 15.3 Å². The Morgan fingerprint density at radius 3 is 2.59 bits per heavy atom. The number of thiophene rings is 1. The van der Waals surface area contributed by atoms with E-state index in [4.69, 9.17) is 5.73 Å². The molecule has 8 nitrogen and oxygen atoms in total. The number of thiazole rings is 1. The van der Waals surface area contributed by atoms with Crippen LogP contribution in [0.15, 0.2) is 46.6 Å². The van der Waals surface area contributed by atoms with E-state index in [-0.39, 0.29) is 6.54 Å². The minimum absolute atomic E-state index is 0.202. The molecule has 3 N–H and O–H groups in total. The molecule has 146 valence electrons. The molecule has 2 amide bonds. The molecule has 3 heterocycles. The second-order valence-corrected chi connectivity index (χ2v) is 8.31. The summed E-state index contributed by atoms with van der Waals surface area (Å²) in [4.78, 5) is 46.5. The molecule has 0 unspecified atom stereocenters. The summed E-state index contributed by atoms with van der Waals surface area (Å²) in [7, 11) is 0. The van der Waals surface area contributed by atoms with Gasteiger partial charge < -0.3 is 11.1 Å². The van der Waals surface area contributed by atoms with Crippen LogP contribution >= 0.6 is 22.7 Å². The number of primary amides is 1. The van der Waals surface area contributed by atoms with E-state index in [0.717, 1.165) is 9.88 Å². The number of benzene rings is 1. The lowest BCUT2D eigenvalue weighted by Gasteiger charge is -2.09. The highest BCUT2D eigenvalue weighted by Gasteiger charge is 2.18. The first-order valence-electron chi connectivity index (χ1n) is 8.54. The van der Waals surface area contributed by atoms with E-state index in [1.807, 2.05) is 24.4 Å². The molecule has 0 aliphatic carbocycles. The Kier molecular flexibility index (Phi) is 4.95. The van der Waals surface area contributed by atoms with Crippen LogP contribution in [0.3, 0.4) is 0 Å². The third-order valence-electron chi connectivity index (χ3n) is 4.13. The molecule has 1 aromatic carbocycles. The van der Waals surface area contributed by atoms with E-state index in [1.165, 1.54) is 39.4 Å². The first-order chi connectivity index (χ1) is 13.9. The molecule has 10 heteroatoms. The second kappa shape index (κ2) is 7.57. The zero-order valence-corrected chi connectivity index (χ0v) is 16.8. The fourth-order valence-electron chi connectivity index (χ4n) is 2.84. The number of nitrogens with one attached hydrogen (secondary N) is 1. The van der Waals surface area contributed by atoms with Crippen LogP contribution in [0.1, 0.15) is 15.4 Å². The van der Waals surface area contributed by atoms with Gasteiger partial charge in [0.1, 0.15) is 22.6 Å². The van der Waals surface area contributed by atoms with Gasteiger partial charge in [0.15, 0.2) is 0 Å². The van der Waals surface area contributed by atoms with Crippen LogP contribution in [0.4, 0.5) is 5.69 Å². The minimum Gasteiger partial charge on any atom is -0.366 e. The average molecular weight is 425 g/mol. The summed E-state index contributed by atoms with van der Waals surface area (Å²) >= 11 is 2.82. The molecule has 29 heavy (non-hydrogen) atoms. The Labute approximate surface area is 172 Å². The highest BCUT2D eigenvalue weighted by atomic mass is 32.1. The zero-order chi connectivity index (χ0) is 20.5. The Bertz CT molecular complexity index is 1270. The molecule has 0 spiro atoms. The summed E-state index contributed by atoms with van der Waals surface area (Å²) in [5, 5.41) is 5.39. The summed E-state index contributed by atoms with van der Waals surface area (Å²) in [6.45, 7) is 1.64. The quantitative estimate of drug-likeness (QED) is 0.509. The highest BCUT2D eigenvalue weighted by Crippen LogP contribution is 2.31. The molecule has 0 radical (unpaired) electrons. The van der Waals surface area contributed by atoms with Crippen molar-refractivity contribution >= 4 is 50.5 Å². The van der Waals surface area contributed by atoms with Crippen molar-refractivity contribution < 1.29 is 9.59 Å². The van der Waals surface area contributed by atoms with Crippen LogP contribution in [-0.2, 0) is 11.3 Å². The van der Waals surface area contributed by atoms with Gasteiger partial charge >= 0.3 is 5.69 Å². The molecule has 0 atom stereocenters. The first-order valence-corrected chi connectivity index (χ1v) is 10.2. The zero-order valence-electron chi connectivity index (χ0n) is 15.2. The van der Waals surface area contributed by atoms with Crippen LogP contribution in [0.5, 0.6) is 0 Å². The molecule has 4 aromatic rings. The molecule has 0 bridgehead atoms. The summed E-state index contributed by atoms with van der Waals surface area (Å²) in [6, 6.07) is 9.96. The maximum Gasteiger partial charge on any atom is 0.349 e. The third kappa shape index (κ3) is 3.80. The Hall–Kier alpha value is -3.37. The van der Waals surface area contributed by atoms with Crippen LogP contribution in [-0.4, -0.2) is 26.3 Å². The summed E-state index contributed by atoms with van der Waals surface area (Å²) in [5.74, 6) is -0.939. The number of carbonyl (C=O) groups is 2. The summed E-state index contributed by atoms with van der Waals surface area (Å²) in [6.07, 6.45) is 0. The van der Waals surface area contributed by atoms with Crippen LogP contribution in [0.2, 0.25) is 0 Å². The smallest absolute Gasteiger partial charge is 0.349 e. The molecule has 0 fully saturated rings. The Balaban J connectivity index is 1.65. The lowest BCUT2D eigenvalue weighted by Crippen LogP contribution is -2.29. The number of nitrogens with zero attached hydrogens (tertiary/aromatic N) is 3. The normalized spacial score (nSPS) is 10.9. The van der Waals surface area contributed by atoms with Gasteiger partial charge in [0, 0.05) is 11.3 Å². The number of aryl methyl sites for hydroxylation is 1. The molecular formula is C19H15N5O3S2. The predicted octanol–water partition coefficient (Wildman–Crippen LogP) is 2.63. The number of hydrogen-bond donors (Lipinski definition) is 2. The van der Waals surface area contributed by atoms with Crippen molar-refractivity contribution in [2.45, 2.75) is 13.5 Å². The van der Waals surface area contributed by atoms with Gasteiger partial charge in [-0.05, 0) is 42.6 Å². The van der Waals surface area contributed by atoms with Crippen molar-refractivity contribution in [3.05, 3.63) is 62.8 Å². The topological polar surface area (TPSA) is 120 Å². The number of fused-ring (bicyclic) bond motifs is 1. The number of aromatic nitrogens is 3. The Morgan fingerprint density at radius 1 is 1.17 bits per heavy atom. The van der Waals surface area contributed by atoms with E-state index >= 15 is 0 Å². The fraction of sp³-hybridized carbons (Fsp3) is 0.105. The highest BCUT2D eigenvalue weighted by molar-refractivity contribution is 7.18. The van der Waals surface area contributed by atoms with Crippen molar-refractivity contribution in [3.63, 3.8) is 0 Å². The van der Waals surface area contributed by atoms with Crippen molar-refractivity contribution in [1.82, 2.24) is 14.5 Å². The third-order valence-corrected chi connectivity index (χ3v) is 6.00. The molecule has 0 aliphatic rings. The number of amides is 2. The monoisotopic (exact) mass is 425 g/mol. The van der Waals surface area contributed by atoms with E-state index in [0.29, 0.717) is 27.3 Å². The largest absolute Gasteiger partial charge is 0.366 e. The van der Waals surface area contributed by atoms with Gasteiger partial charge in [0.25, 0.3) is 0 Å². The van der Waals surface area contributed by atoms with Crippen LogP contribution in [0, 0.1) is 6.92 Å². The number of rotatable bonds is 5. The van der Waals surface area contributed by atoms with Gasteiger partial charge in [0.2, 0.25) is 11.8 Å². The molecule has 4 rings (SSSR count). The van der Waals surface area contributed by atoms with Gasteiger partial charge in [-0.25, -0.2) is 9.78 Å². The number of carbonyl (C=O) groups excluding carboxylic acids is 2. The first kappa shape index (κ1) is 19.0. The van der Waals surface area contributed by atoms with Gasteiger partial charge in [-0.2, -0.15) is 4.98 Å². The molecule has 0 saturated carbocycles. The summed E-state index contributed by atoms with van der Waals surface area (Å²) in [5.41, 5.74) is 6.67. The van der Waals surface area contributed by atoms with Gasteiger partial charge in [-0.1, -0.05) is 6.07 Å². The maximum atomic E-state index is 12.7. The number of anilines is 1. The van der Waals surface area contributed by atoms with E-state index in [1.54, 1.807) is 12.1 Å². The van der Waals surface area contributed by atoms with Crippen molar-refractivity contribution in [2.24, 2.45) is 5.73 Å². The molecule has 0 saturated heterocycles. The standard InChI is InChI=1S/C19H15N5O3S2/c1-10-21-16-15(13-3-2-8-28-13)23-19(27)24(18(16)29-10)9-14(25)22-12-6-4-11(5-7-12)17(20)26/h2-8H,9H2,1H3,(H2,20,26)(H,22,25). The van der Waals surface area contributed by atoms with Crippen LogP contribution in [0.25, 0.3) is 20.9 Å². The second-order valence-electron chi connectivity index (χ2n) is 6.18. The Morgan fingerprint density at radius 2 is 1.93 bits per heavy atom. The maximum absolute atomic E-state index is 12.7. The SMILES string of the molecule is Cc1nc2c(-c3cccs3)nc(=O)n(CC(=O)Nc3ccc(C(N)=O)cc3)c2s1. The van der Waals surface area contributed by atoms with E-state index in [9.17, 15) is 14.4 Å². The van der Waals surface area contributed by atoms with Gasteiger partial charge in [-0.3, -0.25) is 14.2 Å². The summed E-state index contributed by atoms with van der Waals surface area (Å²) < 4.78 is 1.32.